The molecule has 0 aliphatic carbocycles. The second kappa shape index (κ2) is 7.91. The van der Waals surface area contributed by atoms with Crippen LogP contribution in [0.3, 0.4) is 0 Å². The Labute approximate surface area is 176 Å². The number of rotatable bonds is 6. The molecule has 0 aliphatic heterocycles. The highest BCUT2D eigenvalue weighted by molar-refractivity contribution is 5.94. The van der Waals surface area contributed by atoms with E-state index in [4.69, 9.17) is 0 Å². The van der Waals surface area contributed by atoms with Crippen molar-refractivity contribution in [1.29, 1.82) is 0 Å². The quantitative estimate of drug-likeness (QED) is 0.312. The zero-order chi connectivity index (χ0) is 20.3. The Morgan fingerprint density at radius 1 is 0.833 bits per heavy atom. The molecule has 0 spiro atoms. The van der Waals surface area contributed by atoms with Gasteiger partial charge in [0.05, 0.1) is 5.52 Å². The molecule has 0 fully saturated rings. The number of aromatic amines is 1. The van der Waals surface area contributed by atoms with Crippen LogP contribution < -0.4 is 10.6 Å². The summed E-state index contributed by atoms with van der Waals surface area (Å²) in [6.07, 6.45) is 4.95. The van der Waals surface area contributed by atoms with Gasteiger partial charge in [0.25, 0.3) is 0 Å². The highest BCUT2D eigenvalue weighted by Crippen LogP contribution is 2.27. The van der Waals surface area contributed by atoms with Gasteiger partial charge in [-0.2, -0.15) is 0 Å². The molecule has 0 saturated carbocycles. The lowest BCUT2D eigenvalue weighted by Crippen LogP contribution is -2.04. The van der Waals surface area contributed by atoms with Gasteiger partial charge in [-0.05, 0) is 60.9 Å². The third-order valence-corrected chi connectivity index (χ3v) is 5.54. The first kappa shape index (κ1) is 18.3. The molecule has 2 aromatic heterocycles. The summed E-state index contributed by atoms with van der Waals surface area (Å²) in [5.74, 6) is 0. The Morgan fingerprint density at radius 2 is 1.63 bits per heavy atom. The molecule has 0 aliphatic rings. The van der Waals surface area contributed by atoms with Crippen LogP contribution in [0.1, 0.15) is 11.1 Å². The minimum absolute atomic E-state index is 0.892. The lowest BCUT2D eigenvalue weighted by molar-refractivity contribution is 1.03. The van der Waals surface area contributed by atoms with Crippen molar-refractivity contribution in [3.05, 3.63) is 96.3 Å². The molecule has 5 rings (SSSR count). The molecule has 4 nitrogen and oxygen atoms in total. The van der Waals surface area contributed by atoms with Crippen LogP contribution in [0.4, 0.5) is 17.1 Å². The van der Waals surface area contributed by atoms with E-state index < -0.39 is 0 Å². The van der Waals surface area contributed by atoms with E-state index in [-0.39, 0.29) is 0 Å². The zero-order valence-corrected chi connectivity index (χ0v) is 16.9. The monoisotopic (exact) mass is 392 g/mol. The molecule has 4 heteroatoms. The van der Waals surface area contributed by atoms with Crippen LogP contribution in [0.5, 0.6) is 0 Å². The molecule has 30 heavy (non-hydrogen) atoms. The molecular weight excluding hydrogens is 368 g/mol. The third kappa shape index (κ3) is 3.60. The molecule has 0 saturated heterocycles. The number of fused-ring (bicyclic) bond motifs is 2. The van der Waals surface area contributed by atoms with Crippen molar-refractivity contribution in [2.45, 2.75) is 13.3 Å². The predicted octanol–water partition coefficient (Wildman–Crippen LogP) is 6.42. The smallest absolute Gasteiger partial charge is 0.0751 e. The van der Waals surface area contributed by atoms with Gasteiger partial charge in [-0.1, -0.05) is 36.4 Å². The summed E-state index contributed by atoms with van der Waals surface area (Å²) in [7, 11) is 0. The number of aromatic nitrogens is 2. The Kier molecular flexibility index (Phi) is 4.81. The minimum Gasteiger partial charge on any atom is -0.385 e. The number of hydrogen-bond donors (Lipinski definition) is 3. The molecule has 5 aromatic rings. The molecule has 3 aromatic carbocycles. The van der Waals surface area contributed by atoms with E-state index >= 15 is 0 Å². The van der Waals surface area contributed by atoms with E-state index in [0.717, 1.165) is 40.9 Å². The fraction of sp³-hybridized carbons (Fsp3) is 0.115. The average Bonchev–Trinajstić information content (AvgIpc) is 3.19. The van der Waals surface area contributed by atoms with Crippen LogP contribution in [0.15, 0.2) is 85.2 Å². The normalized spacial score (nSPS) is 11.1. The van der Waals surface area contributed by atoms with Gasteiger partial charge in [-0.3, -0.25) is 4.98 Å². The van der Waals surface area contributed by atoms with Crippen molar-refractivity contribution >= 4 is 38.9 Å². The van der Waals surface area contributed by atoms with Crippen LogP contribution in [-0.2, 0) is 6.42 Å². The maximum Gasteiger partial charge on any atom is 0.0751 e. The standard InChI is InChI=1S/C26H24N4/c1-18-5-4-7-23-25(14-16-28-26(18)23)30-21-11-9-20(10-12-21)27-15-13-19-17-29-24-8-3-2-6-22(19)24/h2-12,14,16-17,27,29H,13,15H2,1H3,(H,28,30). The maximum absolute atomic E-state index is 4.52. The van der Waals surface area contributed by atoms with Crippen molar-refractivity contribution in [2.24, 2.45) is 0 Å². The number of nitrogens with zero attached hydrogens (tertiary/aromatic N) is 1. The van der Waals surface area contributed by atoms with Crippen molar-refractivity contribution in [3.63, 3.8) is 0 Å². The van der Waals surface area contributed by atoms with Gasteiger partial charge in [0.2, 0.25) is 0 Å². The Hall–Kier alpha value is -3.79. The van der Waals surface area contributed by atoms with E-state index in [2.05, 4.69) is 100 Å². The fourth-order valence-electron chi connectivity index (χ4n) is 3.94. The Morgan fingerprint density at radius 3 is 2.53 bits per heavy atom. The second-order valence-corrected chi connectivity index (χ2v) is 7.57. The van der Waals surface area contributed by atoms with E-state index in [0.29, 0.717) is 0 Å². The summed E-state index contributed by atoms with van der Waals surface area (Å²) in [6.45, 7) is 2.98. The molecule has 0 bridgehead atoms. The maximum atomic E-state index is 4.52. The minimum atomic E-state index is 0.892. The van der Waals surface area contributed by atoms with Gasteiger partial charge in [0, 0.05) is 52.3 Å². The molecule has 3 N–H and O–H groups in total. The lowest BCUT2D eigenvalue weighted by atomic mass is 10.1. The molecular formula is C26H24N4. The number of anilines is 3. The van der Waals surface area contributed by atoms with Crippen molar-refractivity contribution in [3.8, 4) is 0 Å². The second-order valence-electron chi connectivity index (χ2n) is 7.57. The molecule has 148 valence electrons. The zero-order valence-electron chi connectivity index (χ0n) is 16.9. The summed E-state index contributed by atoms with van der Waals surface area (Å²) in [6, 6.07) is 25.2. The van der Waals surface area contributed by atoms with Gasteiger partial charge < -0.3 is 15.6 Å². The van der Waals surface area contributed by atoms with Crippen molar-refractivity contribution in [2.75, 3.05) is 17.2 Å². The van der Waals surface area contributed by atoms with E-state index in [1.165, 1.54) is 22.0 Å². The first-order valence-corrected chi connectivity index (χ1v) is 10.3. The van der Waals surface area contributed by atoms with Gasteiger partial charge in [-0.15, -0.1) is 0 Å². The molecule has 2 heterocycles. The summed E-state index contributed by atoms with van der Waals surface area (Å²) in [5, 5.41) is 9.49. The number of hydrogen-bond acceptors (Lipinski definition) is 3. The van der Waals surface area contributed by atoms with Crippen LogP contribution in [0.25, 0.3) is 21.8 Å². The average molecular weight is 393 g/mol. The topological polar surface area (TPSA) is 52.7 Å². The number of pyridine rings is 1. The molecule has 0 radical (unpaired) electrons. The lowest BCUT2D eigenvalue weighted by Gasteiger charge is -2.12. The van der Waals surface area contributed by atoms with Gasteiger partial charge in [0.1, 0.15) is 0 Å². The fourth-order valence-corrected chi connectivity index (χ4v) is 3.94. The van der Waals surface area contributed by atoms with Crippen molar-refractivity contribution < 1.29 is 0 Å². The number of para-hydroxylation sites is 2. The number of benzene rings is 3. The third-order valence-electron chi connectivity index (χ3n) is 5.54. The van der Waals surface area contributed by atoms with Gasteiger partial charge in [-0.25, -0.2) is 0 Å². The van der Waals surface area contributed by atoms with Crippen LogP contribution >= 0.6 is 0 Å². The number of nitrogens with one attached hydrogen (secondary N) is 3. The summed E-state index contributed by atoms with van der Waals surface area (Å²) in [5.41, 5.74) is 8.02. The summed E-state index contributed by atoms with van der Waals surface area (Å²) < 4.78 is 0. The highest BCUT2D eigenvalue weighted by Gasteiger charge is 2.05. The first-order valence-electron chi connectivity index (χ1n) is 10.3. The van der Waals surface area contributed by atoms with E-state index in [1.54, 1.807) is 0 Å². The Balaban J connectivity index is 1.24. The van der Waals surface area contributed by atoms with Crippen LogP contribution in [-0.4, -0.2) is 16.5 Å². The first-order chi connectivity index (χ1) is 14.8. The molecule has 0 unspecified atom stereocenters. The molecule has 0 amide bonds. The SMILES string of the molecule is Cc1cccc2c(Nc3ccc(NCCc4c[nH]c5ccccc45)cc3)ccnc12. The number of aryl methyl sites for hydroxylation is 1. The predicted molar refractivity (Wildman–Crippen MR) is 127 cm³/mol. The number of H-pyrrole nitrogens is 1. The largest absolute Gasteiger partial charge is 0.385 e. The van der Waals surface area contributed by atoms with Crippen molar-refractivity contribution in [1.82, 2.24) is 9.97 Å². The van der Waals surface area contributed by atoms with E-state index in [1.807, 2.05) is 12.3 Å². The highest BCUT2D eigenvalue weighted by atomic mass is 14.9. The van der Waals surface area contributed by atoms with Crippen LogP contribution in [0, 0.1) is 6.92 Å². The Bertz CT molecular complexity index is 1300. The van der Waals surface area contributed by atoms with Gasteiger partial charge >= 0.3 is 0 Å². The summed E-state index contributed by atoms with van der Waals surface area (Å²) in [4.78, 5) is 7.86. The van der Waals surface area contributed by atoms with Gasteiger partial charge in [0.15, 0.2) is 0 Å². The summed E-state index contributed by atoms with van der Waals surface area (Å²) >= 11 is 0. The van der Waals surface area contributed by atoms with Crippen LogP contribution in [0.2, 0.25) is 0 Å². The molecule has 0 atom stereocenters. The van der Waals surface area contributed by atoms with E-state index in [9.17, 15) is 0 Å².